The van der Waals surface area contributed by atoms with Crippen LogP contribution in [0, 0.1) is 11.7 Å². The Kier molecular flexibility index (Phi) is 4.70. The van der Waals surface area contributed by atoms with Crippen LogP contribution >= 0.6 is 0 Å². The van der Waals surface area contributed by atoms with Crippen LogP contribution in [0.15, 0.2) is 35.4 Å². The average Bonchev–Trinajstić information content (AvgIpc) is 2.98. The number of fused-ring (bicyclic) bond motifs is 1. The lowest BCUT2D eigenvalue weighted by Crippen LogP contribution is -2.30. The minimum Gasteiger partial charge on any atom is -0.481 e. The fraction of sp³-hybridized carbons (Fsp3) is 0.294. The molecule has 136 valence electrons. The number of pyridine rings is 1. The quantitative estimate of drug-likeness (QED) is 0.622. The van der Waals surface area contributed by atoms with Gasteiger partial charge in [0.15, 0.2) is 0 Å². The van der Waals surface area contributed by atoms with Gasteiger partial charge in [-0.25, -0.2) is 9.37 Å². The molecule has 0 aliphatic carbocycles. The molecule has 0 aliphatic heterocycles. The van der Waals surface area contributed by atoms with Gasteiger partial charge in [-0.2, -0.15) is 4.68 Å². The van der Waals surface area contributed by atoms with Crippen LogP contribution in [-0.4, -0.2) is 36.9 Å². The smallest absolute Gasteiger partial charge is 0.305 e. The van der Waals surface area contributed by atoms with E-state index in [0.717, 1.165) is 10.9 Å². The number of carboxylic acid groups (broad SMARTS) is 1. The van der Waals surface area contributed by atoms with Crippen molar-refractivity contribution < 1.29 is 14.3 Å². The van der Waals surface area contributed by atoms with E-state index in [4.69, 9.17) is 5.11 Å². The number of aromatic nitrogens is 4. The SMILES string of the molecule is CC(C)[C@H](CC(=O)O)Nc1ccc(=O)n(-c2c[nH]c3ncc(F)cc23)n1. The second-order valence-corrected chi connectivity index (χ2v) is 6.28. The summed E-state index contributed by atoms with van der Waals surface area (Å²) in [7, 11) is 0. The van der Waals surface area contributed by atoms with Crippen molar-refractivity contribution in [1.82, 2.24) is 19.7 Å². The predicted octanol–water partition coefficient (Wildman–Crippen LogP) is 2.16. The van der Waals surface area contributed by atoms with Crippen LogP contribution in [0.3, 0.4) is 0 Å². The summed E-state index contributed by atoms with van der Waals surface area (Å²) >= 11 is 0. The number of nitrogens with zero attached hydrogens (tertiary/aromatic N) is 3. The van der Waals surface area contributed by atoms with Crippen molar-refractivity contribution in [1.29, 1.82) is 0 Å². The topological polar surface area (TPSA) is 113 Å². The van der Waals surface area contributed by atoms with Crippen LogP contribution in [0.1, 0.15) is 20.3 Å². The molecule has 0 aromatic carbocycles. The summed E-state index contributed by atoms with van der Waals surface area (Å²) in [6.45, 7) is 3.79. The van der Waals surface area contributed by atoms with E-state index >= 15 is 0 Å². The Morgan fingerprint density at radius 1 is 1.42 bits per heavy atom. The average molecular weight is 359 g/mol. The van der Waals surface area contributed by atoms with Gasteiger partial charge < -0.3 is 15.4 Å². The second kappa shape index (κ2) is 6.95. The maximum absolute atomic E-state index is 13.5. The van der Waals surface area contributed by atoms with E-state index < -0.39 is 17.3 Å². The zero-order valence-electron chi connectivity index (χ0n) is 14.2. The van der Waals surface area contributed by atoms with Gasteiger partial charge in [0.25, 0.3) is 5.56 Å². The Morgan fingerprint density at radius 3 is 2.88 bits per heavy atom. The molecule has 8 nitrogen and oxygen atoms in total. The van der Waals surface area contributed by atoms with Gasteiger partial charge in [0.05, 0.1) is 18.3 Å². The monoisotopic (exact) mass is 359 g/mol. The molecule has 0 amide bonds. The largest absolute Gasteiger partial charge is 0.481 e. The van der Waals surface area contributed by atoms with Crippen molar-refractivity contribution in [2.45, 2.75) is 26.3 Å². The molecule has 0 saturated heterocycles. The molecular formula is C17H18FN5O3. The van der Waals surface area contributed by atoms with Gasteiger partial charge in [-0.05, 0) is 18.1 Å². The molecule has 9 heteroatoms. The lowest BCUT2D eigenvalue weighted by molar-refractivity contribution is -0.137. The van der Waals surface area contributed by atoms with Crippen molar-refractivity contribution in [2.24, 2.45) is 5.92 Å². The molecule has 0 unspecified atom stereocenters. The number of rotatable bonds is 6. The Labute approximate surface area is 147 Å². The van der Waals surface area contributed by atoms with Crippen LogP contribution in [-0.2, 0) is 4.79 Å². The van der Waals surface area contributed by atoms with Crippen LogP contribution in [0.5, 0.6) is 0 Å². The number of aromatic amines is 1. The summed E-state index contributed by atoms with van der Waals surface area (Å²) in [5.41, 5.74) is 0.388. The highest BCUT2D eigenvalue weighted by Crippen LogP contribution is 2.20. The molecule has 0 radical (unpaired) electrons. The molecule has 1 atom stereocenters. The first-order valence-electron chi connectivity index (χ1n) is 8.07. The van der Waals surface area contributed by atoms with Crippen molar-refractivity contribution in [2.75, 3.05) is 5.32 Å². The van der Waals surface area contributed by atoms with E-state index in [2.05, 4.69) is 20.4 Å². The fourth-order valence-corrected chi connectivity index (χ4v) is 2.63. The number of carboxylic acids is 1. The highest BCUT2D eigenvalue weighted by atomic mass is 19.1. The number of halogens is 1. The van der Waals surface area contributed by atoms with E-state index in [1.807, 2.05) is 13.8 Å². The van der Waals surface area contributed by atoms with Crippen LogP contribution in [0.25, 0.3) is 16.7 Å². The van der Waals surface area contributed by atoms with Crippen molar-refractivity contribution in [3.63, 3.8) is 0 Å². The number of carbonyl (C=O) groups is 1. The minimum atomic E-state index is -0.928. The van der Waals surface area contributed by atoms with Crippen molar-refractivity contribution >= 4 is 22.8 Å². The second-order valence-electron chi connectivity index (χ2n) is 6.28. The Balaban J connectivity index is 2.01. The molecule has 26 heavy (non-hydrogen) atoms. The van der Waals surface area contributed by atoms with Gasteiger partial charge in [0.1, 0.15) is 17.3 Å². The maximum atomic E-state index is 13.5. The minimum absolute atomic E-state index is 0.0414. The van der Waals surface area contributed by atoms with Crippen LogP contribution in [0.2, 0.25) is 0 Å². The highest BCUT2D eigenvalue weighted by Gasteiger charge is 2.18. The third-order valence-electron chi connectivity index (χ3n) is 4.04. The summed E-state index contributed by atoms with van der Waals surface area (Å²) in [5.74, 6) is -1.06. The van der Waals surface area contributed by atoms with Crippen LogP contribution < -0.4 is 10.9 Å². The number of anilines is 1. The van der Waals surface area contributed by atoms with Crippen molar-refractivity contribution in [3.05, 3.63) is 46.8 Å². The first-order valence-corrected chi connectivity index (χ1v) is 8.07. The van der Waals surface area contributed by atoms with E-state index in [1.54, 1.807) is 0 Å². The molecule has 0 fully saturated rings. The number of aliphatic carboxylic acids is 1. The van der Waals surface area contributed by atoms with E-state index in [0.29, 0.717) is 22.5 Å². The standard InChI is InChI=1S/C17H18FN5O3/c1-9(2)12(6-16(25)26)21-14-3-4-15(24)23(22-14)13-8-20-17-11(13)5-10(18)7-19-17/h3-5,7-9,12H,6H2,1-2H3,(H,19,20)(H,21,22)(H,25,26)/t12-/m0/s1. The number of nitrogens with one attached hydrogen (secondary N) is 2. The Morgan fingerprint density at radius 2 is 2.19 bits per heavy atom. The summed E-state index contributed by atoms with van der Waals surface area (Å²) in [5, 5.41) is 16.8. The van der Waals surface area contributed by atoms with Crippen LogP contribution in [0.4, 0.5) is 10.2 Å². The lowest BCUT2D eigenvalue weighted by Gasteiger charge is -2.21. The molecular weight excluding hydrogens is 341 g/mol. The Bertz CT molecular complexity index is 1010. The Hall–Kier alpha value is -3.23. The lowest BCUT2D eigenvalue weighted by atomic mass is 10.0. The van der Waals surface area contributed by atoms with Gasteiger partial charge in [-0.15, -0.1) is 5.10 Å². The van der Waals surface area contributed by atoms with Gasteiger partial charge >= 0.3 is 5.97 Å². The first kappa shape index (κ1) is 17.6. The summed E-state index contributed by atoms with van der Waals surface area (Å²) < 4.78 is 14.6. The van der Waals surface area contributed by atoms with E-state index in [-0.39, 0.29) is 18.4 Å². The van der Waals surface area contributed by atoms with E-state index in [1.165, 1.54) is 24.4 Å². The van der Waals surface area contributed by atoms with Gasteiger partial charge in [0.2, 0.25) is 0 Å². The maximum Gasteiger partial charge on any atom is 0.305 e. The van der Waals surface area contributed by atoms with Gasteiger partial charge in [-0.3, -0.25) is 9.59 Å². The molecule has 0 spiro atoms. The fourth-order valence-electron chi connectivity index (χ4n) is 2.63. The molecule has 3 N–H and O–H groups in total. The zero-order valence-corrected chi connectivity index (χ0v) is 14.2. The number of hydrogen-bond acceptors (Lipinski definition) is 5. The summed E-state index contributed by atoms with van der Waals surface area (Å²) in [6.07, 6.45) is 2.52. The summed E-state index contributed by atoms with van der Waals surface area (Å²) in [4.78, 5) is 30.1. The molecule has 3 rings (SSSR count). The molecule has 0 bridgehead atoms. The molecule has 0 aliphatic rings. The highest BCUT2D eigenvalue weighted by molar-refractivity contribution is 5.85. The van der Waals surface area contributed by atoms with E-state index in [9.17, 15) is 14.0 Å². The molecule has 3 heterocycles. The predicted molar refractivity (Wildman–Crippen MR) is 93.9 cm³/mol. The third-order valence-corrected chi connectivity index (χ3v) is 4.04. The molecule has 3 aromatic rings. The summed E-state index contributed by atoms with van der Waals surface area (Å²) in [6, 6.07) is 3.72. The zero-order chi connectivity index (χ0) is 18.8. The first-order chi connectivity index (χ1) is 12.3. The normalized spacial score (nSPS) is 12.5. The third kappa shape index (κ3) is 3.56. The number of hydrogen-bond donors (Lipinski definition) is 3. The molecule has 3 aromatic heterocycles. The number of H-pyrrole nitrogens is 1. The molecule has 0 saturated carbocycles. The van der Waals surface area contributed by atoms with Crippen molar-refractivity contribution in [3.8, 4) is 5.69 Å². The van der Waals surface area contributed by atoms with Gasteiger partial charge in [0, 0.05) is 23.7 Å². The van der Waals surface area contributed by atoms with Gasteiger partial charge in [-0.1, -0.05) is 13.8 Å².